The number of carbonyl (C=O) groups excluding carboxylic acids is 1. The van der Waals surface area contributed by atoms with Crippen LogP contribution in [0.15, 0.2) is 48.5 Å². The molecule has 0 saturated carbocycles. The average molecular weight is 345 g/mol. The summed E-state index contributed by atoms with van der Waals surface area (Å²) in [7, 11) is 0. The molecule has 132 valence electrons. The lowest BCUT2D eigenvalue weighted by molar-refractivity contribution is -0.129. The summed E-state index contributed by atoms with van der Waals surface area (Å²) >= 11 is 0. The summed E-state index contributed by atoms with van der Waals surface area (Å²) in [5.41, 5.74) is 0.429. The topological polar surface area (TPSA) is 29.5 Å². The molecule has 1 atom stereocenters. The van der Waals surface area contributed by atoms with Crippen molar-refractivity contribution in [3.63, 3.8) is 0 Å². The molecule has 0 aliphatic carbocycles. The second kappa shape index (κ2) is 8.10. The second-order valence-electron chi connectivity index (χ2n) is 6.33. The van der Waals surface area contributed by atoms with E-state index < -0.39 is 0 Å². The number of amides is 1. The highest BCUT2D eigenvalue weighted by Crippen LogP contribution is 2.22. The zero-order valence-corrected chi connectivity index (χ0v) is 14.0. The van der Waals surface area contributed by atoms with Gasteiger partial charge in [-0.3, -0.25) is 4.79 Å². The molecule has 0 bridgehead atoms. The minimum absolute atomic E-state index is 0.0531. The number of para-hydroxylation sites is 1. The van der Waals surface area contributed by atoms with Crippen molar-refractivity contribution in [2.45, 2.75) is 19.3 Å². The molecular formula is C20H21F2NO2. The molecule has 0 N–H and O–H groups in total. The Morgan fingerprint density at radius 3 is 2.56 bits per heavy atom. The van der Waals surface area contributed by atoms with Crippen LogP contribution in [0.5, 0.6) is 5.75 Å². The summed E-state index contributed by atoms with van der Waals surface area (Å²) in [6, 6.07) is 12.7. The van der Waals surface area contributed by atoms with Gasteiger partial charge in [-0.05, 0) is 42.5 Å². The first-order chi connectivity index (χ1) is 12.1. The van der Waals surface area contributed by atoms with Crippen molar-refractivity contribution < 1.29 is 18.3 Å². The third-order valence-corrected chi connectivity index (χ3v) is 4.56. The number of halogens is 2. The SMILES string of the molecule is O=C(Cc1ccccc1F)N1CCC(CCOc2ccccc2F)C1. The fourth-order valence-corrected chi connectivity index (χ4v) is 3.11. The van der Waals surface area contributed by atoms with Crippen molar-refractivity contribution in [3.05, 3.63) is 65.7 Å². The maximum absolute atomic E-state index is 13.7. The van der Waals surface area contributed by atoms with Gasteiger partial charge in [-0.2, -0.15) is 0 Å². The molecule has 2 aromatic rings. The van der Waals surface area contributed by atoms with E-state index in [0.29, 0.717) is 31.2 Å². The number of ether oxygens (including phenoxy) is 1. The predicted octanol–water partition coefficient (Wildman–Crippen LogP) is 3.82. The summed E-state index contributed by atoms with van der Waals surface area (Å²) in [5, 5.41) is 0. The Kier molecular flexibility index (Phi) is 5.64. The van der Waals surface area contributed by atoms with Crippen molar-refractivity contribution in [2.24, 2.45) is 5.92 Å². The predicted molar refractivity (Wildman–Crippen MR) is 91.3 cm³/mol. The van der Waals surface area contributed by atoms with E-state index in [4.69, 9.17) is 4.74 Å². The molecule has 5 heteroatoms. The Balaban J connectivity index is 1.44. The maximum atomic E-state index is 13.7. The van der Waals surface area contributed by atoms with Crippen LogP contribution in [0.4, 0.5) is 8.78 Å². The fourth-order valence-electron chi connectivity index (χ4n) is 3.11. The van der Waals surface area contributed by atoms with Gasteiger partial charge in [-0.1, -0.05) is 30.3 Å². The quantitative estimate of drug-likeness (QED) is 0.796. The Morgan fingerprint density at radius 1 is 1.08 bits per heavy atom. The number of rotatable bonds is 6. The highest BCUT2D eigenvalue weighted by Gasteiger charge is 2.26. The molecule has 1 fully saturated rings. The molecule has 2 aromatic carbocycles. The third kappa shape index (κ3) is 4.56. The molecule has 25 heavy (non-hydrogen) atoms. The van der Waals surface area contributed by atoms with Crippen LogP contribution in [0.2, 0.25) is 0 Å². The van der Waals surface area contributed by atoms with Crippen LogP contribution in [0.25, 0.3) is 0 Å². The lowest BCUT2D eigenvalue weighted by Gasteiger charge is -2.17. The zero-order valence-electron chi connectivity index (χ0n) is 14.0. The fraction of sp³-hybridized carbons (Fsp3) is 0.350. The van der Waals surface area contributed by atoms with E-state index in [2.05, 4.69) is 0 Å². The summed E-state index contributed by atoms with van der Waals surface area (Å²) in [6.45, 7) is 1.74. The molecule has 1 unspecified atom stereocenters. The maximum Gasteiger partial charge on any atom is 0.227 e. The van der Waals surface area contributed by atoms with E-state index >= 15 is 0 Å². The highest BCUT2D eigenvalue weighted by atomic mass is 19.1. The first-order valence-electron chi connectivity index (χ1n) is 8.52. The highest BCUT2D eigenvalue weighted by molar-refractivity contribution is 5.79. The third-order valence-electron chi connectivity index (χ3n) is 4.56. The van der Waals surface area contributed by atoms with Gasteiger partial charge in [0.25, 0.3) is 0 Å². The van der Waals surface area contributed by atoms with E-state index in [9.17, 15) is 13.6 Å². The molecule has 0 spiro atoms. The Bertz CT molecular complexity index is 735. The smallest absolute Gasteiger partial charge is 0.227 e. The lowest BCUT2D eigenvalue weighted by Crippen LogP contribution is -2.30. The Labute approximate surface area is 146 Å². The van der Waals surface area contributed by atoms with Gasteiger partial charge in [0.1, 0.15) is 5.82 Å². The zero-order chi connectivity index (χ0) is 17.6. The number of hydrogen-bond acceptors (Lipinski definition) is 2. The van der Waals surface area contributed by atoms with E-state index in [0.717, 1.165) is 12.8 Å². The van der Waals surface area contributed by atoms with Crippen molar-refractivity contribution in [1.82, 2.24) is 4.90 Å². The van der Waals surface area contributed by atoms with Crippen LogP contribution in [0.1, 0.15) is 18.4 Å². The summed E-state index contributed by atoms with van der Waals surface area (Å²) in [6.07, 6.45) is 1.74. The number of carbonyl (C=O) groups is 1. The van der Waals surface area contributed by atoms with Crippen LogP contribution in [0, 0.1) is 17.6 Å². The monoisotopic (exact) mass is 345 g/mol. The van der Waals surface area contributed by atoms with Gasteiger partial charge in [0.15, 0.2) is 11.6 Å². The summed E-state index contributed by atoms with van der Waals surface area (Å²) in [5.74, 6) is -0.174. The van der Waals surface area contributed by atoms with Gasteiger partial charge >= 0.3 is 0 Å². The molecule has 1 amide bonds. The Morgan fingerprint density at radius 2 is 1.80 bits per heavy atom. The normalized spacial score (nSPS) is 16.9. The molecule has 1 aliphatic rings. The van der Waals surface area contributed by atoms with Crippen LogP contribution in [-0.4, -0.2) is 30.5 Å². The van der Waals surface area contributed by atoms with Crippen molar-refractivity contribution >= 4 is 5.91 Å². The molecule has 1 heterocycles. The molecule has 0 aromatic heterocycles. The molecule has 3 rings (SSSR count). The molecule has 0 radical (unpaired) electrons. The van der Waals surface area contributed by atoms with Crippen molar-refractivity contribution in [3.8, 4) is 5.75 Å². The van der Waals surface area contributed by atoms with E-state index in [1.54, 1.807) is 41.3 Å². The molecule has 3 nitrogen and oxygen atoms in total. The standard InChI is InChI=1S/C20H21F2NO2/c21-17-6-2-1-5-16(17)13-20(24)23-11-9-15(14-23)10-12-25-19-8-4-3-7-18(19)22/h1-8,15H,9-14H2. The molecular weight excluding hydrogens is 324 g/mol. The average Bonchev–Trinajstić information content (AvgIpc) is 3.08. The number of likely N-dealkylation sites (tertiary alicyclic amines) is 1. The Hall–Kier alpha value is -2.43. The molecule has 1 aliphatic heterocycles. The first kappa shape index (κ1) is 17.4. The lowest BCUT2D eigenvalue weighted by atomic mass is 10.1. The van der Waals surface area contributed by atoms with E-state index in [1.807, 2.05) is 0 Å². The van der Waals surface area contributed by atoms with E-state index in [-0.39, 0.29) is 29.7 Å². The van der Waals surface area contributed by atoms with Gasteiger partial charge in [-0.15, -0.1) is 0 Å². The largest absolute Gasteiger partial charge is 0.491 e. The number of hydrogen-bond donors (Lipinski definition) is 0. The minimum atomic E-state index is -0.365. The van der Waals surface area contributed by atoms with Crippen LogP contribution >= 0.6 is 0 Å². The van der Waals surface area contributed by atoms with Crippen LogP contribution in [0.3, 0.4) is 0 Å². The summed E-state index contributed by atoms with van der Waals surface area (Å²) in [4.78, 5) is 14.1. The van der Waals surface area contributed by atoms with Gasteiger partial charge in [0.2, 0.25) is 5.91 Å². The van der Waals surface area contributed by atoms with Crippen LogP contribution < -0.4 is 4.74 Å². The van der Waals surface area contributed by atoms with Gasteiger partial charge < -0.3 is 9.64 Å². The summed E-state index contributed by atoms with van der Waals surface area (Å²) < 4.78 is 32.6. The van der Waals surface area contributed by atoms with Gasteiger partial charge in [0.05, 0.1) is 13.0 Å². The van der Waals surface area contributed by atoms with Crippen molar-refractivity contribution in [1.29, 1.82) is 0 Å². The minimum Gasteiger partial charge on any atom is -0.491 e. The number of nitrogens with zero attached hydrogens (tertiary/aromatic N) is 1. The van der Waals surface area contributed by atoms with Crippen LogP contribution in [-0.2, 0) is 11.2 Å². The van der Waals surface area contributed by atoms with E-state index in [1.165, 1.54) is 12.1 Å². The molecule has 1 saturated heterocycles. The second-order valence-corrected chi connectivity index (χ2v) is 6.33. The number of benzene rings is 2. The first-order valence-corrected chi connectivity index (χ1v) is 8.52. The van der Waals surface area contributed by atoms with Gasteiger partial charge in [-0.25, -0.2) is 8.78 Å². The van der Waals surface area contributed by atoms with Crippen molar-refractivity contribution in [2.75, 3.05) is 19.7 Å². The van der Waals surface area contributed by atoms with Gasteiger partial charge in [0, 0.05) is 13.1 Å².